The van der Waals surface area contributed by atoms with E-state index in [1.54, 1.807) is 0 Å². The first-order chi connectivity index (χ1) is 15.0. The Kier molecular flexibility index (Phi) is 6.92. The summed E-state index contributed by atoms with van der Waals surface area (Å²) in [5.74, 6) is 1.56. The van der Waals surface area contributed by atoms with Crippen molar-refractivity contribution in [3.63, 3.8) is 0 Å². The van der Waals surface area contributed by atoms with Gasteiger partial charge in [-0.05, 0) is 50.4 Å². The minimum atomic E-state index is -0.112. The molecule has 0 unspecified atom stereocenters. The quantitative estimate of drug-likeness (QED) is 0.611. The number of thioether (sulfide) groups is 1. The third-order valence-electron chi connectivity index (χ3n) is 5.76. The van der Waals surface area contributed by atoms with E-state index in [4.69, 9.17) is 0 Å². The lowest BCUT2D eigenvalue weighted by atomic mass is 10.1. The van der Waals surface area contributed by atoms with Crippen LogP contribution in [0.5, 0.6) is 0 Å². The zero-order chi connectivity index (χ0) is 21.8. The highest BCUT2D eigenvalue weighted by molar-refractivity contribution is 7.99. The van der Waals surface area contributed by atoms with E-state index in [1.165, 1.54) is 18.7 Å². The molecule has 1 aliphatic carbocycles. The second-order valence-corrected chi connectivity index (χ2v) is 9.19. The number of nitrogens with zero attached hydrogens (tertiary/aromatic N) is 4. The van der Waals surface area contributed by atoms with Crippen LogP contribution in [-0.4, -0.2) is 62.9 Å². The fraction of sp³-hybridized carbons (Fsp3) is 0.545. The van der Waals surface area contributed by atoms with Gasteiger partial charge in [0.1, 0.15) is 5.82 Å². The fourth-order valence-electron chi connectivity index (χ4n) is 3.94. The van der Waals surface area contributed by atoms with Crippen molar-refractivity contribution in [3.05, 3.63) is 30.1 Å². The molecule has 2 heterocycles. The summed E-state index contributed by atoms with van der Waals surface area (Å²) in [5.41, 5.74) is 1.63. The molecule has 8 nitrogen and oxygen atoms in total. The van der Waals surface area contributed by atoms with Gasteiger partial charge in [0.25, 0.3) is 0 Å². The maximum absolute atomic E-state index is 12.6. The van der Waals surface area contributed by atoms with Crippen LogP contribution in [0.4, 0.5) is 5.69 Å². The summed E-state index contributed by atoms with van der Waals surface area (Å²) in [6, 6.07) is 7.91. The highest BCUT2D eigenvalue weighted by atomic mass is 32.2. The molecule has 2 aromatic rings. The molecule has 0 bridgehead atoms. The van der Waals surface area contributed by atoms with Gasteiger partial charge in [0.15, 0.2) is 5.16 Å². The molecule has 2 N–H and O–H groups in total. The molecule has 2 fully saturated rings. The van der Waals surface area contributed by atoms with Crippen molar-refractivity contribution in [3.8, 4) is 5.69 Å². The molecule has 4 rings (SSSR count). The normalized spacial score (nSPS) is 17.5. The highest BCUT2D eigenvalue weighted by Gasteiger charge is 2.31. The number of hydrogen-bond acceptors (Lipinski definition) is 6. The molecule has 1 saturated heterocycles. The summed E-state index contributed by atoms with van der Waals surface area (Å²) in [4.78, 5) is 26.4. The van der Waals surface area contributed by atoms with Gasteiger partial charge in [-0.15, -0.1) is 10.2 Å². The molecule has 1 saturated carbocycles. The average Bonchev–Trinajstić information content (AvgIpc) is 3.51. The largest absolute Gasteiger partial charge is 0.353 e. The first kappa shape index (κ1) is 21.8. The van der Waals surface area contributed by atoms with Crippen molar-refractivity contribution >= 4 is 29.3 Å². The Morgan fingerprint density at radius 1 is 1.16 bits per heavy atom. The van der Waals surface area contributed by atoms with Crippen LogP contribution in [0.3, 0.4) is 0 Å². The third kappa shape index (κ3) is 5.65. The molecule has 2 amide bonds. The van der Waals surface area contributed by atoms with E-state index >= 15 is 0 Å². The Labute approximate surface area is 187 Å². The molecule has 0 atom stereocenters. The first-order valence-corrected chi connectivity index (χ1v) is 12.0. The number of benzene rings is 1. The number of carbonyl (C=O) groups is 2. The lowest BCUT2D eigenvalue weighted by molar-refractivity contribution is -0.119. The Hall–Kier alpha value is -2.39. The first-order valence-electron chi connectivity index (χ1n) is 11.0. The van der Waals surface area contributed by atoms with Gasteiger partial charge in [-0.25, -0.2) is 0 Å². The number of rotatable bonds is 8. The Bertz CT molecular complexity index is 934. The van der Waals surface area contributed by atoms with Crippen molar-refractivity contribution in [2.24, 2.45) is 0 Å². The summed E-state index contributed by atoms with van der Waals surface area (Å²) in [6.45, 7) is 6.82. The predicted molar refractivity (Wildman–Crippen MR) is 122 cm³/mol. The Balaban J connectivity index is 1.43. The number of amides is 2. The van der Waals surface area contributed by atoms with E-state index in [0.717, 1.165) is 62.5 Å². The van der Waals surface area contributed by atoms with Crippen molar-refractivity contribution in [2.75, 3.05) is 30.7 Å². The number of carbonyl (C=O) groups excluding carboxylic acids is 2. The molecular formula is C22H30N6O2S. The Morgan fingerprint density at radius 3 is 2.61 bits per heavy atom. The topological polar surface area (TPSA) is 92.2 Å². The summed E-state index contributed by atoms with van der Waals surface area (Å²) in [6.07, 6.45) is 4.21. The zero-order valence-electron chi connectivity index (χ0n) is 18.1. The number of likely N-dealkylation sites (tertiary alicyclic amines) is 1. The minimum Gasteiger partial charge on any atom is -0.353 e. The molecule has 2 aliphatic rings. The standard InChI is InChI=1S/C22H30N6O2S/c1-3-27-11-9-17(10-12-27)24-20(30)14-31-22-26-25-21(16-7-8-16)28(22)19-6-4-5-18(13-19)23-15(2)29/h4-6,13,16-17H,3,7-12,14H2,1-2H3,(H,23,29)(H,24,30). The van der Waals surface area contributed by atoms with Crippen molar-refractivity contribution in [1.29, 1.82) is 0 Å². The van der Waals surface area contributed by atoms with Crippen LogP contribution >= 0.6 is 11.8 Å². The van der Waals surface area contributed by atoms with Crippen molar-refractivity contribution in [2.45, 2.75) is 56.6 Å². The van der Waals surface area contributed by atoms with Crippen LogP contribution in [0.25, 0.3) is 5.69 Å². The van der Waals surface area contributed by atoms with Crippen LogP contribution in [-0.2, 0) is 9.59 Å². The third-order valence-corrected chi connectivity index (χ3v) is 6.69. The lowest BCUT2D eigenvalue weighted by Crippen LogP contribution is -2.45. The van der Waals surface area contributed by atoms with Gasteiger partial charge >= 0.3 is 0 Å². The summed E-state index contributed by atoms with van der Waals surface area (Å²) < 4.78 is 2.03. The van der Waals surface area contributed by atoms with Gasteiger partial charge < -0.3 is 15.5 Å². The SMILES string of the molecule is CCN1CCC(NC(=O)CSc2nnc(C3CC3)n2-c2cccc(NC(C)=O)c2)CC1. The summed E-state index contributed by atoms with van der Waals surface area (Å²) >= 11 is 1.41. The number of piperidine rings is 1. The molecular weight excluding hydrogens is 412 g/mol. The van der Waals surface area contributed by atoms with Gasteiger partial charge in [-0.2, -0.15) is 0 Å². The van der Waals surface area contributed by atoms with E-state index < -0.39 is 0 Å². The monoisotopic (exact) mass is 442 g/mol. The molecule has 1 aliphatic heterocycles. The fourth-order valence-corrected chi connectivity index (χ4v) is 4.71. The zero-order valence-corrected chi connectivity index (χ0v) is 19.0. The second-order valence-electron chi connectivity index (χ2n) is 8.25. The van der Waals surface area contributed by atoms with E-state index in [0.29, 0.717) is 16.8 Å². The van der Waals surface area contributed by atoms with Crippen LogP contribution in [0.1, 0.15) is 51.3 Å². The lowest BCUT2D eigenvalue weighted by Gasteiger charge is -2.31. The van der Waals surface area contributed by atoms with Crippen LogP contribution < -0.4 is 10.6 Å². The molecule has 31 heavy (non-hydrogen) atoms. The van der Waals surface area contributed by atoms with Gasteiger partial charge in [-0.3, -0.25) is 14.2 Å². The van der Waals surface area contributed by atoms with Gasteiger partial charge in [0.2, 0.25) is 11.8 Å². The van der Waals surface area contributed by atoms with Crippen molar-refractivity contribution in [1.82, 2.24) is 25.0 Å². The van der Waals surface area contributed by atoms with Gasteiger partial charge in [0.05, 0.1) is 11.4 Å². The number of nitrogens with one attached hydrogen (secondary N) is 2. The van der Waals surface area contributed by atoms with Crippen LogP contribution in [0.15, 0.2) is 29.4 Å². The molecule has 1 aromatic carbocycles. The molecule has 0 radical (unpaired) electrons. The van der Waals surface area contributed by atoms with E-state index in [1.807, 2.05) is 28.8 Å². The van der Waals surface area contributed by atoms with Gasteiger partial charge in [-0.1, -0.05) is 24.8 Å². The van der Waals surface area contributed by atoms with Crippen molar-refractivity contribution < 1.29 is 9.59 Å². The molecule has 0 spiro atoms. The minimum absolute atomic E-state index is 0.0365. The van der Waals surface area contributed by atoms with E-state index in [2.05, 4.69) is 32.7 Å². The number of aromatic nitrogens is 3. The van der Waals surface area contributed by atoms with Crippen LogP contribution in [0, 0.1) is 0 Å². The summed E-state index contributed by atoms with van der Waals surface area (Å²) in [5, 5.41) is 15.5. The van der Waals surface area contributed by atoms with Gasteiger partial charge in [0, 0.05) is 37.7 Å². The molecule has 1 aromatic heterocycles. The van der Waals surface area contributed by atoms with Crippen LogP contribution in [0.2, 0.25) is 0 Å². The Morgan fingerprint density at radius 2 is 1.94 bits per heavy atom. The maximum Gasteiger partial charge on any atom is 0.230 e. The molecule has 9 heteroatoms. The van der Waals surface area contributed by atoms with E-state index in [-0.39, 0.29) is 17.9 Å². The second kappa shape index (κ2) is 9.82. The summed E-state index contributed by atoms with van der Waals surface area (Å²) in [7, 11) is 0. The van der Waals surface area contributed by atoms with E-state index in [9.17, 15) is 9.59 Å². The highest BCUT2D eigenvalue weighted by Crippen LogP contribution is 2.41. The predicted octanol–water partition coefficient (Wildman–Crippen LogP) is 2.80. The number of anilines is 1. The smallest absolute Gasteiger partial charge is 0.230 e. The number of hydrogen-bond donors (Lipinski definition) is 2. The molecule has 166 valence electrons. The average molecular weight is 443 g/mol. The maximum atomic E-state index is 12.6.